The summed E-state index contributed by atoms with van der Waals surface area (Å²) in [5.41, 5.74) is 8.14. The van der Waals surface area contributed by atoms with Crippen molar-refractivity contribution in [2.24, 2.45) is 11.6 Å². The summed E-state index contributed by atoms with van der Waals surface area (Å²) in [5.74, 6) is 4.86. The average Bonchev–Trinajstić information content (AvgIpc) is 2.77. The fourth-order valence-electron chi connectivity index (χ4n) is 1.46. The Balaban J connectivity index is 2.23. The molecular weight excluding hydrogens is 282 g/mol. The predicted octanol–water partition coefficient (Wildman–Crippen LogP) is 2.11. The van der Waals surface area contributed by atoms with Crippen LogP contribution in [0.2, 0.25) is 0 Å². The van der Waals surface area contributed by atoms with Gasteiger partial charge in [0.25, 0.3) is 0 Å². The van der Waals surface area contributed by atoms with E-state index < -0.39 is 5.97 Å². The van der Waals surface area contributed by atoms with Crippen LogP contribution in [-0.4, -0.2) is 5.97 Å². The summed E-state index contributed by atoms with van der Waals surface area (Å²) < 4.78 is 7.04. The van der Waals surface area contributed by atoms with Crippen molar-refractivity contribution in [3.05, 3.63) is 41.2 Å². The molecule has 2 aromatic rings. The van der Waals surface area contributed by atoms with Crippen molar-refractivity contribution in [3.63, 3.8) is 0 Å². The zero-order valence-corrected chi connectivity index (χ0v) is 11.8. The second-order valence-corrected chi connectivity index (χ2v) is 6.06. The second-order valence-electron chi connectivity index (χ2n) is 3.64. The number of fused-ring (bicyclic) bond motifs is 1. The van der Waals surface area contributed by atoms with Gasteiger partial charge in [-0.3, -0.25) is 10.2 Å². The van der Waals surface area contributed by atoms with Crippen molar-refractivity contribution in [1.29, 1.82) is 0 Å². The van der Waals surface area contributed by atoms with Gasteiger partial charge in [0.2, 0.25) is 5.88 Å². The van der Waals surface area contributed by atoms with E-state index in [-0.39, 0.29) is 5.88 Å². The summed E-state index contributed by atoms with van der Waals surface area (Å²) >= 11 is 2.91. The highest BCUT2D eigenvalue weighted by atomic mass is 32.2. The van der Waals surface area contributed by atoms with E-state index >= 15 is 0 Å². The number of nitrogens with two attached hydrogens (primary N) is 2. The number of thiophene rings is 1. The Morgan fingerprint density at radius 2 is 2.16 bits per heavy atom. The van der Waals surface area contributed by atoms with E-state index in [1.54, 1.807) is 11.3 Å². The number of hydrogen-bond donors (Lipinski definition) is 3. The van der Waals surface area contributed by atoms with Gasteiger partial charge in [-0.1, -0.05) is 30.0 Å². The van der Waals surface area contributed by atoms with Crippen LogP contribution >= 0.6 is 23.1 Å². The molecule has 0 amide bonds. The standard InChI is InChI=1S/C12H13N3O2S2/c1-7(16)17-12(15-14)11(13)19-10-6-8-4-2-3-5-9(8)18-10/h2-6,15H,13-14H2,1H3/b12-11-. The maximum atomic E-state index is 10.9. The van der Waals surface area contributed by atoms with Gasteiger partial charge < -0.3 is 10.5 Å². The molecule has 7 heteroatoms. The first kappa shape index (κ1) is 13.7. The largest absolute Gasteiger partial charge is 0.406 e. The SMILES string of the molecule is CC(=O)O/C(NN)=C(/N)Sc1cc2ccccc2s1. The number of hydrazine groups is 1. The Morgan fingerprint density at radius 3 is 2.79 bits per heavy atom. The first-order valence-electron chi connectivity index (χ1n) is 5.41. The highest BCUT2D eigenvalue weighted by Gasteiger charge is 2.10. The summed E-state index contributed by atoms with van der Waals surface area (Å²) in [6.07, 6.45) is 0. The number of hydrogen-bond acceptors (Lipinski definition) is 7. The van der Waals surface area contributed by atoms with E-state index in [0.29, 0.717) is 5.03 Å². The number of ether oxygens (including phenoxy) is 1. The molecule has 0 atom stereocenters. The summed E-state index contributed by atoms with van der Waals surface area (Å²) in [6.45, 7) is 1.29. The van der Waals surface area contributed by atoms with Crippen molar-refractivity contribution in [2.75, 3.05) is 0 Å². The molecule has 0 unspecified atom stereocenters. The topological polar surface area (TPSA) is 90.4 Å². The van der Waals surface area contributed by atoms with Crippen LogP contribution in [0.3, 0.4) is 0 Å². The number of rotatable bonds is 4. The van der Waals surface area contributed by atoms with Gasteiger partial charge >= 0.3 is 5.97 Å². The maximum absolute atomic E-state index is 10.9. The van der Waals surface area contributed by atoms with Crippen molar-refractivity contribution in [2.45, 2.75) is 11.1 Å². The normalized spacial score (nSPS) is 12.1. The predicted molar refractivity (Wildman–Crippen MR) is 78.0 cm³/mol. The molecule has 0 saturated heterocycles. The van der Waals surface area contributed by atoms with Gasteiger partial charge in [0.15, 0.2) is 0 Å². The summed E-state index contributed by atoms with van der Waals surface area (Å²) in [6, 6.07) is 10.1. The van der Waals surface area contributed by atoms with Crippen molar-refractivity contribution >= 4 is 39.2 Å². The highest BCUT2D eigenvalue weighted by molar-refractivity contribution is 8.04. The summed E-state index contributed by atoms with van der Waals surface area (Å²) in [5, 5.41) is 1.46. The fraction of sp³-hybridized carbons (Fsp3) is 0.0833. The molecule has 0 aliphatic carbocycles. The summed E-state index contributed by atoms with van der Waals surface area (Å²) in [7, 11) is 0. The minimum Gasteiger partial charge on any atom is -0.406 e. The first-order valence-corrected chi connectivity index (χ1v) is 7.04. The average molecular weight is 295 g/mol. The lowest BCUT2D eigenvalue weighted by molar-refractivity contribution is -0.137. The Bertz CT molecular complexity index is 604. The van der Waals surface area contributed by atoms with Crippen LogP contribution in [-0.2, 0) is 9.53 Å². The molecule has 5 nitrogen and oxygen atoms in total. The van der Waals surface area contributed by atoms with E-state index in [9.17, 15) is 4.79 Å². The monoisotopic (exact) mass is 295 g/mol. The smallest absolute Gasteiger partial charge is 0.309 e. The van der Waals surface area contributed by atoms with Gasteiger partial charge in [-0.25, -0.2) is 5.84 Å². The summed E-state index contributed by atoms with van der Waals surface area (Å²) in [4.78, 5) is 10.9. The van der Waals surface area contributed by atoms with E-state index in [1.807, 2.05) is 30.3 Å². The van der Waals surface area contributed by atoms with Gasteiger partial charge in [0, 0.05) is 11.6 Å². The molecule has 0 fully saturated rings. The molecule has 2 rings (SSSR count). The molecule has 1 heterocycles. The molecule has 19 heavy (non-hydrogen) atoms. The molecule has 0 bridgehead atoms. The number of esters is 1. The fourth-order valence-corrected chi connectivity index (χ4v) is 3.55. The molecule has 1 aromatic carbocycles. The van der Waals surface area contributed by atoms with Crippen LogP contribution < -0.4 is 17.0 Å². The lowest BCUT2D eigenvalue weighted by Gasteiger charge is -2.08. The van der Waals surface area contributed by atoms with Gasteiger partial charge in [0.05, 0.1) is 4.21 Å². The second kappa shape index (κ2) is 5.96. The Hall–Kier alpha value is -1.70. The van der Waals surface area contributed by atoms with E-state index in [1.165, 1.54) is 23.4 Å². The minimum absolute atomic E-state index is 0.0648. The van der Waals surface area contributed by atoms with Crippen LogP contribution in [0.1, 0.15) is 6.92 Å². The quantitative estimate of drug-likeness (QED) is 0.263. The Labute approximate surface area is 118 Å². The number of carbonyl (C=O) groups excluding carboxylic acids is 1. The molecule has 5 N–H and O–H groups in total. The molecule has 0 saturated carbocycles. The van der Waals surface area contributed by atoms with Crippen LogP contribution in [0.25, 0.3) is 10.1 Å². The van der Waals surface area contributed by atoms with Crippen LogP contribution in [0.5, 0.6) is 0 Å². The minimum atomic E-state index is -0.479. The van der Waals surface area contributed by atoms with Crippen molar-refractivity contribution in [1.82, 2.24) is 5.43 Å². The molecule has 0 aliphatic heterocycles. The molecule has 0 aliphatic rings. The van der Waals surface area contributed by atoms with Crippen LogP contribution in [0, 0.1) is 0 Å². The molecule has 0 spiro atoms. The first-order chi connectivity index (χ1) is 9.10. The Morgan fingerprint density at radius 1 is 1.42 bits per heavy atom. The van der Waals surface area contributed by atoms with E-state index in [4.69, 9.17) is 16.3 Å². The van der Waals surface area contributed by atoms with Gasteiger partial charge in [-0.15, -0.1) is 11.3 Å². The lowest BCUT2D eigenvalue weighted by atomic mass is 10.3. The lowest BCUT2D eigenvalue weighted by Crippen LogP contribution is -2.27. The third-order valence-electron chi connectivity index (χ3n) is 2.21. The number of benzene rings is 1. The molecular formula is C12H13N3O2S2. The Kier molecular flexibility index (Phi) is 4.31. The van der Waals surface area contributed by atoms with Gasteiger partial charge in [-0.2, -0.15) is 0 Å². The molecule has 1 aromatic heterocycles. The number of thioether (sulfide) groups is 1. The zero-order valence-electron chi connectivity index (χ0n) is 10.2. The maximum Gasteiger partial charge on any atom is 0.309 e. The van der Waals surface area contributed by atoms with Crippen LogP contribution in [0.15, 0.2) is 45.5 Å². The third-order valence-corrected chi connectivity index (χ3v) is 4.35. The molecule has 0 radical (unpaired) electrons. The zero-order chi connectivity index (χ0) is 13.8. The van der Waals surface area contributed by atoms with Gasteiger partial charge in [-0.05, 0) is 17.5 Å². The number of nitrogens with one attached hydrogen (secondary N) is 1. The van der Waals surface area contributed by atoms with Crippen molar-refractivity contribution in [3.8, 4) is 0 Å². The van der Waals surface area contributed by atoms with E-state index in [0.717, 1.165) is 9.60 Å². The molecule has 100 valence electrons. The number of carbonyl (C=O) groups is 1. The van der Waals surface area contributed by atoms with Crippen molar-refractivity contribution < 1.29 is 9.53 Å². The third kappa shape index (κ3) is 3.40. The highest BCUT2D eigenvalue weighted by Crippen LogP contribution is 2.35. The van der Waals surface area contributed by atoms with E-state index in [2.05, 4.69) is 5.43 Å². The van der Waals surface area contributed by atoms with Gasteiger partial charge in [0.1, 0.15) is 5.03 Å². The van der Waals surface area contributed by atoms with Crippen LogP contribution in [0.4, 0.5) is 0 Å².